The minimum absolute atomic E-state index is 0.0564. The Morgan fingerprint density at radius 1 is 1.11 bits per heavy atom. The number of hydrogen-bond donors (Lipinski definition) is 1. The van der Waals surface area contributed by atoms with Gasteiger partial charge in [0.1, 0.15) is 5.82 Å². The first kappa shape index (κ1) is 19.6. The van der Waals surface area contributed by atoms with Gasteiger partial charge in [0.2, 0.25) is 15.9 Å². The third kappa shape index (κ3) is 4.23. The zero-order chi connectivity index (χ0) is 19.6. The normalized spacial score (nSPS) is 15.6. The molecule has 1 saturated heterocycles. The SMILES string of the molecule is CC(=O)Nc1ccc(S(=O)(=O)N2CCN(c3ccccc3F)CC2)cc1Cl. The van der Waals surface area contributed by atoms with E-state index in [4.69, 9.17) is 11.6 Å². The molecule has 0 atom stereocenters. The number of benzene rings is 2. The fourth-order valence-corrected chi connectivity index (χ4v) is 4.72. The van der Waals surface area contributed by atoms with E-state index in [2.05, 4.69) is 5.32 Å². The van der Waals surface area contributed by atoms with Crippen molar-refractivity contribution in [1.82, 2.24) is 4.31 Å². The van der Waals surface area contributed by atoms with Gasteiger partial charge in [0.15, 0.2) is 0 Å². The molecule has 2 aromatic rings. The Balaban J connectivity index is 1.74. The predicted octanol–water partition coefficient (Wildman–Crippen LogP) is 2.95. The molecule has 6 nitrogen and oxygen atoms in total. The highest BCUT2D eigenvalue weighted by molar-refractivity contribution is 7.89. The number of para-hydroxylation sites is 1. The fraction of sp³-hybridized carbons (Fsp3) is 0.278. The van der Waals surface area contributed by atoms with Crippen molar-refractivity contribution in [2.24, 2.45) is 0 Å². The topological polar surface area (TPSA) is 69.7 Å². The summed E-state index contributed by atoms with van der Waals surface area (Å²) in [6.07, 6.45) is 0. The molecule has 0 spiro atoms. The number of carbonyl (C=O) groups is 1. The molecule has 1 amide bonds. The fourth-order valence-electron chi connectivity index (χ4n) is 2.97. The van der Waals surface area contributed by atoms with Crippen LogP contribution in [0.4, 0.5) is 15.8 Å². The second-order valence-corrected chi connectivity index (χ2v) is 8.51. The van der Waals surface area contributed by atoms with Crippen LogP contribution in [-0.2, 0) is 14.8 Å². The smallest absolute Gasteiger partial charge is 0.243 e. The van der Waals surface area contributed by atoms with Gasteiger partial charge in [-0.15, -0.1) is 0 Å². The van der Waals surface area contributed by atoms with Crippen LogP contribution < -0.4 is 10.2 Å². The zero-order valence-corrected chi connectivity index (χ0v) is 16.2. The van der Waals surface area contributed by atoms with E-state index < -0.39 is 10.0 Å². The van der Waals surface area contributed by atoms with Gasteiger partial charge in [0.05, 0.1) is 21.3 Å². The molecule has 3 rings (SSSR count). The van der Waals surface area contributed by atoms with Gasteiger partial charge in [0.25, 0.3) is 0 Å². The third-order valence-electron chi connectivity index (χ3n) is 4.32. The van der Waals surface area contributed by atoms with E-state index in [0.717, 1.165) is 0 Å². The second-order valence-electron chi connectivity index (χ2n) is 6.17. The van der Waals surface area contributed by atoms with E-state index in [-0.39, 0.29) is 34.7 Å². The van der Waals surface area contributed by atoms with Gasteiger partial charge < -0.3 is 10.2 Å². The number of rotatable bonds is 4. The van der Waals surface area contributed by atoms with Crippen LogP contribution in [0.25, 0.3) is 0 Å². The van der Waals surface area contributed by atoms with Crippen LogP contribution in [0.1, 0.15) is 6.92 Å². The maximum atomic E-state index is 13.9. The molecule has 1 aliphatic rings. The highest BCUT2D eigenvalue weighted by Gasteiger charge is 2.29. The highest BCUT2D eigenvalue weighted by atomic mass is 35.5. The maximum Gasteiger partial charge on any atom is 0.243 e. The van der Waals surface area contributed by atoms with E-state index in [1.807, 2.05) is 4.90 Å². The minimum Gasteiger partial charge on any atom is -0.367 e. The monoisotopic (exact) mass is 411 g/mol. The van der Waals surface area contributed by atoms with Crippen molar-refractivity contribution in [2.45, 2.75) is 11.8 Å². The largest absolute Gasteiger partial charge is 0.367 e. The lowest BCUT2D eigenvalue weighted by Crippen LogP contribution is -2.48. The first-order valence-corrected chi connectivity index (χ1v) is 10.2. The van der Waals surface area contributed by atoms with Gasteiger partial charge in [-0.05, 0) is 30.3 Å². The lowest BCUT2D eigenvalue weighted by molar-refractivity contribution is -0.114. The van der Waals surface area contributed by atoms with Crippen molar-refractivity contribution in [3.8, 4) is 0 Å². The summed E-state index contributed by atoms with van der Waals surface area (Å²) < 4.78 is 41.0. The standard InChI is InChI=1S/C18H19ClFN3O3S/c1-13(24)21-17-7-6-14(12-15(17)19)27(25,26)23-10-8-22(9-11-23)18-5-3-2-4-16(18)20/h2-7,12H,8-11H2,1H3,(H,21,24). The molecule has 0 unspecified atom stereocenters. The average Bonchev–Trinajstić information content (AvgIpc) is 2.63. The molecule has 0 aromatic heterocycles. The molecule has 1 aliphatic heterocycles. The zero-order valence-electron chi connectivity index (χ0n) is 14.7. The van der Waals surface area contributed by atoms with Crippen molar-refractivity contribution in [1.29, 1.82) is 0 Å². The quantitative estimate of drug-likeness (QED) is 0.839. The highest BCUT2D eigenvalue weighted by Crippen LogP contribution is 2.28. The van der Waals surface area contributed by atoms with E-state index in [9.17, 15) is 17.6 Å². The van der Waals surface area contributed by atoms with Crippen LogP contribution in [0.15, 0.2) is 47.4 Å². The first-order valence-electron chi connectivity index (χ1n) is 8.36. The van der Waals surface area contributed by atoms with E-state index in [0.29, 0.717) is 24.5 Å². The molecule has 0 aliphatic carbocycles. The number of nitrogens with one attached hydrogen (secondary N) is 1. The van der Waals surface area contributed by atoms with Crippen molar-refractivity contribution >= 4 is 38.9 Å². The number of hydrogen-bond acceptors (Lipinski definition) is 4. The summed E-state index contributed by atoms with van der Waals surface area (Å²) in [5.74, 6) is -0.620. The molecule has 9 heteroatoms. The Bertz CT molecular complexity index is 960. The first-order chi connectivity index (χ1) is 12.8. The average molecular weight is 412 g/mol. The molecule has 0 saturated carbocycles. The molecule has 27 heavy (non-hydrogen) atoms. The van der Waals surface area contributed by atoms with Gasteiger partial charge in [0, 0.05) is 33.1 Å². The number of carbonyl (C=O) groups excluding carboxylic acids is 1. The number of nitrogens with zero attached hydrogens (tertiary/aromatic N) is 2. The lowest BCUT2D eigenvalue weighted by Gasteiger charge is -2.35. The van der Waals surface area contributed by atoms with Crippen LogP contribution in [-0.4, -0.2) is 44.8 Å². The summed E-state index contributed by atoms with van der Waals surface area (Å²) in [5.41, 5.74) is 0.824. The lowest BCUT2D eigenvalue weighted by atomic mass is 10.2. The van der Waals surface area contributed by atoms with E-state index >= 15 is 0 Å². The molecule has 0 bridgehead atoms. The second kappa shape index (κ2) is 7.84. The molecule has 0 radical (unpaired) electrons. The minimum atomic E-state index is -3.73. The molecule has 1 fully saturated rings. The number of amides is 1. The van der Waals surface area contributed by atoms with Gasteiger partial charge >= 0.3 is 0 Å². The Morgan fingerprint density at radius 3 is 2.37 bits per heavy atom. The van der Waals surface area contributed by atoms with Gasteiger partial charge in [-0.2, -0.15) is 4.31 Å². The number of sulfonamides is 1. The summed E-state index contributed by atoms with van der Waals surface area (Å²) in [6.45, 7) is 2.59. The van der Waals surface area contributed by atoms with Gasteiger partial charge in [-0.3, -0.25) is 4.79 Å². The molecular weight excluding hydrogens is 393 g/mol. The van der Waals surface area contributed by atoms with Crippen molar-refractivity contribution in [3.05, 3.63) is 53.3 Å². The summed E-state index contributed by atoms with van der Waals surface area (Å²) in [5, 5.41) is 2.69. The predicted molar refractivity (Wildman–Crippen MR) is 103 cm³/mol. The van der Waals surface area contributed by atoms with Gasteiger partial charge in [-0.1, -0.05) is 23.7 Å². The molecule has 1 N–H and O–H groups in total. The molecular formula is C18H19ClFN3O3S. The number of piperazine rings is 1. The number of anilines is 2. The summed E-state index contributed by atoms with van der Waals surface area (Å²) in [7, 11) is -3.73. The van der Waals surface area contributed by atoms with Crippen LogP contribution in [0.5, 0.6) is 0 Å². The van der Waals surface area contributed by atoms with E-state index in [1.54, 1.807) is 18.2 Å². The Hall–Kier alpha value is -2.16. The summed E-state index contributed by atoms with van der Waals surface area (Å²) in [6, 6.07) is 10.6. The van der Waals surface area contributed by atoms with Crippen LogP contribution in [0.2, 0.25) is 5.02 Å². The molecule has 2 aromatic carbocycles. The third-order valence-corrected chi connectivity index (χ3v) is 6.53. The Morgan fingerprint density at radius 2 is 1.78 bits per heavy atom. The summed E-state index contributed by atoms with van der Waals surface area (Å²) >= 11 is 6.09. The summed E-state index contributed by atoms with van der Waals surface area (Å²) in [4.78, 5) is 13.0. The molecule has 144 valence electrons. The van der Waals surface area contributed by atoms with Crippen LogP contribution in [0.3, 0.4) is 0 Å². The van der Waals surface area contributed by atoms with Crippen molar-refractivity contribution in [2.75, 3.05) is 36.4 Å². The van der Waals surface area contributed by atoms with Crippen molar-refractivity contribution < 1.29 is 17.6 Å². The maximum absolute atomic E-state index is 13.9. The number of halogens is 2. The van der Waals surface area contributed by atoms with Crippen molar-refractivity contribution in [3.63, 3.8) is 0 Å². The molecule has 1 heterocycles. The van der Waals surface area contributed by atoms with Crippen LogP contribution >= 0.6 is 11.6 Å². The van der Waals surface area contributed by atoms with Crippen LogP contribution in [0, 0.1) is 5.82 Å². The van der Waals surface area contributed by atoms with Gasteiger partial charge in [-0.25, -0.2) is 12.8 Å². The Kier molecular flexibility index (Phi) is 5.69. The van der Waals surface area contributed by atoms with E-state index in [1.165, 1.54) is 35.5 Å². The Labute approximate surface area is 162 Å².